The molecular formula is C20H21N3O8S. The topological polar surface area (TPSA) is 154 Å². The van der Waals surface area contributed by atoms with Gasteiger partial charge in [-0.25, -0.2) is 9.59 Å². The summed E-state index contributed by atoms with van der Waals surface area (Å²) in [5.41, 5.74) is 0.405. The smallest absolute Gasteiger partial charge is 0.341 e. The minimum Gasteiger partial charge on any atom is -0.462 e. The Hall–Kier alpha value is -3.80. The molecular weight excluding hydrogens is 442 g/mol. The SMILES string of the molecule is CCOC(=O)c1c(NC(=O)COC(=O)c2ccc(C)c([N+](=O)[O-])c2)sc(C(=O)NC)c1C. The van der Waals surface area contributed by atoms with Crippen LogP contribution in [-0.4, -0.2) is 48.9 Å². The highest BCUT2D eigenvalue weighted by atomic mass is 32.1. The number of nitro groups is 1. The fraction of sp³-hybridized carbons (Fsp3) is 0.300. The number of benzene rings is 1. The van der Waals surface area contributed by atoms with Crippen molar-refractivity contribution in [3.05, 3.63) is 55.4 Å². The van der Waals surface area contributed by atoms with E-state index in [0.29, 0.717) is 11.1 Å². The molecule has 0 aliphatic heterocycles. The van der Waals surface area contributed by atoms with Gasteiger partial charge < -0.3 is 20.1 Å². The van der Waals surface area contributed by atoms with E-state index in [4.69, 9.17) is 9.47 Å². The molecule has 12 heteroatoms. The van der Waals surface area contributed by atoms with Gasteiger partial charge in [0.1, 0.15) is 5.00 Å². The number of rotatable bonds is 8. The van der Waals surface area contributed by atoms with Crippen molar-refractivity contribution in [1.82, 2.24) is 5.32 Å². The van der Waals surface area contributed by atoms with Gasteiger partial charge in [-0.15, -0.1) is 11.3 Å². The van der Waals surface area contributed by atoms with Crippen LogP contribution in [0, 0.1) is 24.0 Å². The maximum Gasteiger partial charge on any atom is 0.341 e. The number of nitrogens with zero attached hydrogens (tertiary/aromatic N) is 1. The highest BCUT2D eigenvalue weighted by molar-refractivity contribution is 7.18. The number of anilines is 1. The number of esters is 2. The lowest BCUT2D eigenvalue weighted by Gasteiger charge is -2.08. The number of amides is 2. The van der Waals surface area contributed by atoms with Crippen LogP contribution >= 0.6 is 11.3 Å². The minimum atomic E-state index is -0.928. The second kappa shape index (κ2) is 10.5. The fourth-order valence-corrected chi connectivity index (χ4v) is 3.85. The lowest BCUT2D eigenvalue weighted by molar-refractivity contribution is -0.385. The van der Waals surface area contributed by atoms with Gasteiger partial charge in [0.2, 0.25) is 0 Å². The number of nitrogens with one attached hydrogen (secondary N) is 2. The molecule has 11 nitrogen and oxygen atoms in total. The molecule has 0 radical (unpaired) electrons. The summed E-state index contributed by atoms with van der Waals surface area (Å²) >= 11 is 0.878. The molecule has 0 saturated heterocycles. The Morgan fingerprint density at radius 1 is 1.12 bits per heavy atom. The molecule has 1 aromatic carbocycles. The average Bonchev–Trinajstić information content (AvgIpc) is 3.07. The fourth-order valence-electron chi connectivity index (χ4n) is 2.69. The van der Waals surface area contributed by atoms with E-state index in [9.17, 15) is 29.3 Å². The van der Waals surface area contributed by atoms with Gasteiger partial charge >= 0.3 is 11.9 Å². The molecule has 2 N–H and O–H groups in total. The molecule has 2 aromatic rings. The van der Waals surface area contributed by atoms with Crippen LogP contribution in [0.1, 0.15) is 48.4 Å². The molecule has 1 heterocycles. The van der Waals surface area contributed by atoms with Gasteiger partial charge in [0.15, 0.2) is 6.61 Å². The quantitative estimate of drug-likeness (QED) is 0.344. The summed E-state index contributed by atoms with van der Waals surface area (Å²) in [6.07, 6.45) is 0. The van der Waals surface area contributed by atoms with E-state index in [-0.39, 0.29) is 33.3 Å². The lowest BCUT2D eigenvalue weighted by atomic mass is 10.1. The second-order valence-corrected chi connectivity index (χ2v) is 7.46. The van der Waals surface area contributed by atoms with Crippen molar-refractivity contribution in [1.29, 1.82) is 0 Å². The Labute approximate surface area is 186 Å². The van der Waals surface area contributed by atoms with Crippen LogP contribution in [0.2, 0.25) is 0 Å². The van der Waals surface area contributed by atoms with Gasteiger partial charge in [-0.3, -0.25) is 19.7 Å². The molecule has 0 atom stereocenters. The van der Waals surface area contributed by atoms with E-state index in [0.717, 1.165) is 17.4 Å². The van der Waals surface area contributed by atoms with Crippen molar-refractivity contribution >= 4 is 45.8 Å². The molecule has 0 aliphatic carbocycles. The van der Waals surface area contributed by atoms with Crippen molar-refractivity contribution in [3.8, 4) is 0 Å². The van der Waals surface area contributed by atoms with Gasteiger partial charge in [0.25, 0.3) is 17.5 Å². The summed E-state index contributed by atoms with van der Waals surface area (Å²) in [5, 5.41) is 16.0. The Bertz CT molecular complexity index is 1090. The molecule has 0 spiro atoms. The van der Waals surface area contributed by atoms with Gasteiger partial charge in [-0.05, 0) is 32.4 Å². The first-order valence-corrected chi connectivity index (χ1v) is 10.2. The van der Waals surface area contributed by atoms with Gasteiger partial charge in [-0.2, -0.15) is 0 Å². The van der Waals surface area contributed by atoms with E-state index < -0.39 is 35.3 Å². The maximum atomic E-state index is 12.3. The summed E-state index contributed by atoms with van der Waals surface area (Å²) < 4.78 is 9.92. The molecule has 1 aromatic heterocycles. The van der Waals surface area contributed by atoms with Crippen LogP contribution in [0.3, 0.4) is 0 Å². The third kappa shape index (κ3) is 5.46. The zero-order valence-corrected chi connectivity index (χ0v) is 18.6. The molecule has 0 fully saturated rings. The second-order valence-electron chi connectivity index (χ2n) is 6.44. The Morgan fingerprint density at radius 2 is 1.81 bits per heavy atom. The normalized spacial score (nSPS) is 10.2. The van der Waals surface area contributed by atoms with Gasteiger partial charge in [-0.1, -0.05) is 6.07 Å². The number of carbonyl (C=O) groups excluding carboxylic acids is 4. The third-order valence-corrected chi connectivity index (χ3v) is 5.49. The van der Waals surface area contributed by atoms with Crippen molar-refractivity contribution in [2.45, 2.75) is 20.8 Å². The van der Waals surface area contributed by atoms with E-state index in [1.54, 1.807) is 13.8 Å². The van der Waals surface area contributed by atoms with E-state index >= 15 is 0 Å². The van der Waals surface area contributed by atoms with Crippen LogP contribution in [0.4, 0.5) is 10.7 Å². The number of hydrogen-bond acceptors (Lipinski definition) is 9. The first-order chi connectivity index (χ1) is 15.1. The highest BCUT2D eigenvalue weighted by Crippen LogP contribution is 2.33. The highest BCUT2D eigenvalue weighted by Gasteiger charge is 2.26. The molecule has 170 valence electrons. The van der Waals surface area contributed by atoms with Gasteiger partial charge in [0, 0.05) is 18.7 Å². The number of nitro benzene ring substituents is 1. The number of thiophene rings is 1. The predicted octanol–water partition coefficient (Wildman–Crippen LogP) is 2.60. The first kappa shape index (κ1) is 24.5. The van der Waals surface area contributed by atoms with Gasteiger partial charge in [0.05, 0.1) is 27.5 Å². The molecule has 0 aliphatic rings. The predicted molar refractivity (Wildman–Crippen MR) is 115 cm³/mol. The lowest BCUT2D eigenvalue weighted by Crippen LogP contribution is -2.22. The first-order valence-electron chi connectivity index (χ1n) is 9.35. The number of ether oxygens (including phenoxy) is 2. The van der Waals surface area contributed by atoms with Crippen molar-refractivity contribution in [2.75, 3.05) is 25.6 Å². The van der Waals surface area contributed by atoms with Crippen LogP contribution in [0.25, 0.3) is 0 Å². The van der Waals surface area contributed by atoms with Crippen molar-refractivity contribution in [2.24, 2.45) is 0 Å². The van der Waals surface area contributed by atoms with E-state index in [1.807, 2.05) is 0 Å². The molecule has 32 heavy (non-hydrogen) atoms. The largest absolute Gasteiger partial charge is 0.462 e. The zero-order valence-electron chi connectivity index (χ0n) is 17.8. The van der Waals surface area contributed by atoms with Crippen molar-refractivity contribution < 1.29 is 33.6 Å². The summed E-state index contributed by atoms with van der Waals surface area (Å²) in [4.78, 5) is 59.5. The van der Waals surface area contributed by atoms with E-state index in [1.165, 1.54) is 26.1 Å². The molecule has 0 bridgehead atoms. The third-order valence-electron chi connectivity index (χ3n) is 4.29. The van der Waals surface area contributed by atoms with E-state index in [2.05, 4.69) is 10.6 Å². The maximum absolute atomic E-state index is 12.3. The van der Waals surface area contributed by atoms with Crippen LogP contribution in [0.5, 0.6) is 0 Å². The molecule has 0 saturated carbocycles. The molecule has 2 amide bonds. The Kier molecular flexibility index (Phi) is 8.02. The Balaban J connectivity index is 2.16. The Morgan fingerprint density at radius 3 is 2.41 bits per heavy atom. The number of carbonyl (C=O) groups is 4. The average molecular weight is 463 g/mol. The number of hydrogen-bond donors (Lipinski definition) is 2. The molecule has 2 rings (SSSR count). The summed E-state index contributed by atoms with van der Waals surface area (Å²) in [6, 6.07) is 3.81. The summed E-state index contributed by atoms with van der Waals surface area (Å²) in [7, 11) is 1.43. The van der Waals surface area contributed by atoms with Crippen LogP contribution in [-0.2, 0) is 14.3 Å². The van der Waals surface area contributed by atoms with Crippen LogP contribution in [0.15, 0.2) is 18.2 Å². The monoisotopic (exact) mass is 463 g/mol. The summed E-state index contributed by atoms with van der Waals surface area (Å²) in [6.45, 7) is 4.07. The standard InChI is InChI=1S/C20H21N3O8S/c1-5-30-20(27)15-11(3)16(17(25)21-4)32-18(15)22-14(24)9-31-19(26)12-7-6-10(2)13(8-12)23(28)29/h6-8H,5,9H2,1-4H3,(H,21,25)(H,22,24). The minimum absolute atomic E-state index is 0.0317. The van der Waals surface area contributed by atoms with Crippen LogP contribution < -0.4 is 10.6 Å². The number of aryl methyl sites for hydroxylation is 1. The van der Waals surface area contributed by atoms with Crippen molar-refractivity contribution in [3.63, 3.8) is 0 Å². The zero-order chi connectivity index (χ0) is 24.0. The summed E-state index contributed by atoms with van der Waals surface area (Å²) in [5.74, 6) is -2.85. The molecule has 0 unspecified atom stereocenters.